The Morgan fingerprint density at radius 3 is 2.87 bits per heavy atom. The molecule has 1 rings (SSSR count). The van der Waals surface area contributed by atoms with Crippen molar-refractivity contribution >= 4 is 5.91 Å². The molecule has 15 heavy (non-hydrogen) atoms. The van der Waals surface area contributed by atoms with Gasteiger partial charge in [0.15, 0.2) is 0 Å². The molecule has 0 atom stereocenters. The molecule has 0 aliphatic heterocycles. The van der Waals surface area contributed by atoms with Crippen molar-refractivity contribution in [3.05, 3.63) is 0 Å². The summed E-state index contributed by atoms with van der Waals surface area (Å²) in [4.78, 5) is 13.5. The van der Waals surface area contributed by atoms with E-state index >= 15 is 0 Å². The van der Waals surface area contributed by atoms with Crippen molar-refractivity contribution in [3.8, 4) is 18.4 Å². The molecule has 0 heterocycles. The molecule has 4 heteroatoms. The van der Waals surface area contributed by atoms with Crippen molar-refractivity contribution in [2.24, 2.45) is 0 Å². The molecule has 0 aromatic heterocycles. The molecule has 1 fully saturated rings. The van der Waals surface area contributed by atoms with Gasteiger partial charge in [0.1, 0.15) is 0 Å². The van der Waals surface area contributed by atoms with Gasteiger partial charge in [-0.2, -0.15) is 5.26 Å². The molecule has 1 N–H and O–H groups in total. The number of hydrogen-bond acceptors (Lipinski definition) is 3. The molecule has 0 spiro atoms. The minimum absolute atomic E-state index is 0.0444. The molecule has 80 valence electrons. The number of amides is 1. The fourth-order valence-electron chi connectivity index (χ4n) is 1.41. The first-order valence-corrected chi connectivity index (χ1v) is 5.10. The summed E-state index contributed by atoms with van der Waals surface area (Å²) < 4.78 is 0. The minimum atomic E-state index is 0.0444. The van der Waals surface area contributed by atoms with Gasteiger partial charge < -0.3 is 4.90 Å². The van der Waals surface area contributed by atoms with Gasteiger partial charge in [-0.3, -0.25) is 10.1 Å². The topological polar surface area (TPSA) is 56.1 Å². The zero-order valence-corrected chi connectivity index (χ0v) is 8.70. The van der Waals surface area contributed by atoms with Crippen LogP contribution >= 0.6 is 0 Å². The summed E-state index contributed by atoms with van der Waals surface area (Å²) in [6.07, 6.45) is 7.59. The van der Waals surface area contributed by atoms with Crippen LogP contribution in [0.4, 0.5) is 0 Å². The maximum atomic E-state index is 11.7. The predicted octanol–water partition coefficient (Wildman–Crippen LogP) is 0.114. The van der Waals surface area contributed by atoms with E-state index in [4.69, 9.17) is 11.7 Å². The first kappa shape index (κ1) is 11.6. The lowest BCUT2D eigenvalue weighted by Crippen LogP contribution is -2.40. The van der Waals surface area contributed by atoms with Gasteiger partial charge >= 0.3 is 0 Å². The second-order valence-electron chi connectivity index (χ2n) is 3.53. The highest BCUT2D eigenvalue weighted by atomic mass is 16.2. The van der Waals surface area contributed by atoms with Crippen molar-refractivity contribution in [2.45, 2.75) is 25.3 Å². The predicted molar refractivity (Wildman–Crippen MR) is 56.7 cm³/mol. The average molecular weight is 205 g/mol. The number of rotatable bonds is 6. The molecular weight excluding hydrogens is 190 g/mol. The molecule has 0 unspecified atom stereocenters. The standard InChI is InChI=1S/C11H15N3O/c1-2-7-13-9-11(15)14(8-3-6-12)10-4-5-10/h1,10,13H,3-5,7-9H2. The molecule has 0 aromatic carbocycles. The van der Waals surface area contributed by atoms with Crippen LogP contribution in [-0.2, 0) is 4.79 Å². The number of terminal acetylenes is 1. The van der Waals surface area contributed by atoms with E-state index in [1.165, 1.54) is 0 Å². The molecule has 0 bridgehead atoms. The zero-order chi connectivity index (χ0) is 11.1. The van der Waals surface area contributed by atoms with Crippen LogP contribution in [0.25, 0.3) is 0 Å². The van der Waals surface area contributed by atoms with E-state index in [-0.39, 0.29) is 12.5 Å². The summed E-state index contributed by atoms with van der Waals surface area (Å²) in [7, 11) is 0. The maximum absolute atomic E-state index is 11.7. The Labute approximate surface area is 90.2 Å². The van der Waals surface area contributed by atoms with Gasteiger partial charge in [-0.05, 0) is 12.8 Å². The quantitative estimate of drug-likeness (QED) is 0.495. The number of nitrogens with zero attached hydrogens (tertiary/aromatic N) is 2. The fourth-order valence-corrected chi connectivity index (χ4v) is 1.41. The van der Waals surface area contributed by atoms with Crippen LogP contribution < -0.4 is 5.32 Å². The summed E-state index contributed by atoms with van der Waals surface area (Å²) in [6, 6.07) is 2.42. The number of nitriles is 1. The lowest BCUT2D eigenvalue weighted by atomic mass is 10.3. The van der Waals surface area contributed by atoms with Gasteiger partial charge in [-0.25, -0.2) is 0 Å². The summed E-state index contributed by atoms with van der Waals surface area (Å²) >= 11 is 0. The smallest absolute Gasteiger partial charge is 0.236 e. The number of carbonyl (C=O) groups is 1. The fraction of sp³-hybridized carbons (Fsp3) is 0.636. The molecular formula is C11H15N3O. The minimum Gasteiger partial charge on any atom is -0.338 e. The largest absolute Gasteiger partial charge is 0.338 e. The molecule has 1 saturated carbocycles. The van der Waals surface area contributed by atoms with Crippen LogP contribution in [0, 0.1) is 23.7 Å². The third kappa shape index (κ3) is 4.01. The van der Waals surface area contributed by atoms with Crippen molar-refractivity contribution in [1.82, 2.24) is 10.2 Å². The Morgan fingerprint density at radius 1 is 1.60 bits per heavy atom. The van der Waals surface area contributed by atoms with E-state index < -0.39 is 0 Å². The first-order valence-electron chi connectivity index (χ1n) is 5.10. The Balaban J connectivity index is 2.31. The second-order valence-corrected chi connectivity index (χ2v) is 3.53. The number of nitrogens with one attached hydrogen (secondary N) is 1. The third-order valence-electron chi connectivity index (χ3n) is 2.28. The molecule has 1 aliphatic rings. The molecule has 1 aliphatic carbocycles. The average Bonchev–Trinajstić information content (AvgIpc) is 3.03. The molecule has 0 aromatic rings. The van der Waals surface area contributed by atoms with Crippen LogP contribution in [0.3, 0.4) is 0 Å². The van der Waals surface area contributed by atoms with E-state index in [2.05, 4.69) is 17.3 Å². The SMILES string of the molecule is C#CCNCC(=O)N(CCC#N)C1CC1. The summed E-state index contributed by atoms with van der Waals surface area (Å²) in [5.41, 5.74) is 0. The van der Waals surface area contributed by atoms with Crippen LogP contribution in [-0.4, -0.2) is 36.5 Å². The van der Waals surface area contributed by atoms with Gasteiger partial charge in [0, 0.05) is 12.6 Å². The van der Waals surface area contributed by atoms with Gasteiger partial charge in [-0.1, -0.05) is 5.92 Å². The van der Waals surface area contributed by atoms with Gasteiger partial charge in [0.05, 0.1) is 25.6 Å². The van der Waals surface area contributed by atoms with Gasteiger partial charge in [0.2, 0.25) is 5.91 Å². The normalized spacial score (nSPS) is 14.0. The molecule has 0 radical (unpaired) electrons. The van der Waals surface area contributed by atoms with Crippen LogP contribution in [0.15, 0.2) is 0 Å². The summed E-state index contributed by atoms with van der Waals surface area (Å²) in [5, 5.41) is 11.3. The lowest BCUT2D eigenvalue weighted by Gasteiger charge is -2.21. The van der Waals surface area contributed by atoms with Gasteiger partial charge in [0.25, 0.3) is 0 Å². The summed E-state index contributed by atoms with van der Waals surface area (Å²) in [6.45, 7) is 1.21. The Kier molecular flexibility index (Phi) is 4.66. The maximum Gasteiger partial charge on any atom is 0.236 e. The molecule has 4 nitrogen and oxygen atoms in total. The lowest BCUT2D eigenvalue weighted by molar-refractivity contribution is -0.130. The van der Waals surface area contributed by atoms with Crippen LogP contribution in [0.2, 0.25) is 0 Å². The van der Waals surface area contributed by atoms with Crippen LogP contribution in [0.1, 0.15) is 19.3 Å². The Bertz CT molecular complexity index is 296. The number of carbonyl (C=O) groups excluding carboxylic acids is 1. The van der Waals surface area contributed by atoms with Crippen LogP contribution in [0.5, 0.6) is 0 Å². The summed E-state index contributed by atoms with van der Waals surface area (Å²) in [5.74, 6) is 2.46. The van der Waals surface area contributed by atoms with E-state index in [9.17, 15) is 4.79 Å². The Morgan fingerprint density at radius 2 is 2.33 bits per heavy atom. The number of hydrogen-bond donors (Lipinski definition) is 1. The zero-order valence-electron chi connectivity index (χ0n) is 8.70. The van der Waals surface area contributed by atoms with E-state index in [1.54, 1.807) is 4.90 Å². The van der Waals surface area contributed by atoms with Crippen molar-refractivity contribution in [2.75, 3.05) is 19.6 Å². The highest BCUT2D eigenvalue weighted by molar-refractivity contribution is 5.79. The highest BCUT2D eigenvalue weighted by Crippen LogP contribution is 2.26. The first-order chi connectivity index (χ1) is 7.29. The van der Waals surface area contributed by atoms with Crippen molar-refractivity contribution in [1.29, 1.82) is 5.26 Å². The van der Waals surface area contributed by atoms with Crippen molar-refractivity contribution in [3.63, 3.8) is 0 Å². The van der Waals surface area contributed by atoms with E-state index in [1.807, 2.05) is 0 Å². The second kappa shape index (κ2) is 6.06. The molecule has 0 saturated heterocycles. The van der Waals surface area contributed by atoms with E-state index in [0.29, 0.717) is 25.6 Å². The monoisotopic (exact) mass is 205 g/mol. The van der Waals surface area contributed by atoms with Gasteiger partial charge in [-0.15, -0.1) is 6.42 Å². The highest BCUT2D eigenvalue weighted by Gasteiger charge is 2.31. The van der Waals surface area contributed by atoms with Crippen molar-refractivity contribution < 1.29 is 4.79 Å². The third-order valence-corrected chi connectivity index (χ3v) is 2.28. The molecule has 1 amide bonds. The van der Waals surface area contributed by atoms with E-state index in [0.717, 1.165) is 12.8 Å². The Hall–Kier alpha value is -1.52.